The summed E-state index contributed by atoms with van der Waals surface area (Å²) < 4.78 is 2.60. The van der Waals surface area contributed by atoms with E-state index in [9.17, 15) is 5.11 Å². The number of aliphatic hydroxyl groups excluding tert-OH is 1. The van der Waals surface area contributed by atoms with Crippen LogP contribution >= 0.6 is 12.2 Å². The first-order valence-corrected chi connectivity index (χ1v) is 6.63. The molecule has 0 bridgehead atoms. The summed E-state index contributed by atoms with van der Waals surface area (Å²) in [6, 6.07) is 8.25. The number of aromatic nitrogens is 3. The molecule has 0 atom stereocenters. The van der Waals surface area contributed by atoms with Crippen molar-refractivity contribution >= 4 is 23.1 Å². The lowest BCUT2D eigenvalue weighted by Crippen LogP contribution is -2.05. The zero-order valence-corrected chi connectivity index (χ0v) is 11.2. The minimum Gasteiger partial charge on any atom is -0.390 e. The number of aryl methyl sites for hydroxylation is 1. The van der Waals surface area contributed by atoms with E-state index >= 15 is 0 Å². The number of benzene rings is 1. The molecular weight excluding hydrogens is 258 g/mol. The van der Waals surface area contributed by atoms with Gasteiger partial charge in [-0.2, -0.15) is 0 Å². The van der Waals surface area contributed by atoms with Gasteiger partial charge in [0, 0.05) is 29.8 Å². The van der Waals surface area contributed by atoms with Crippen LogP contribution in [0.3, 0.4) is 0 Å². The van der Waals surface area contributed by atoms with Crippen LogP contribution in [-0.2, 0) is 19.6 Å². The molecule has 1 aromatic carbocycles. The Kier molecular flexibility index (Phi) is 3.23. The Morgan fingerprint density at radius 1 is 1.16 bits per heavy atom. The minimum absolute atomic E-state index is 0.00102. The van der Waals surface area contributed by atoms with Crippen molar-refractivity contribution in [3.63, 3.8) is 0 Å². The molecule has 3 aromatic rings. The van der Waals surface area contributed by atoms with Gasteiger partial charge in [-0.25, -0.2) is 0 Å². The van der Waals surface area contributed by atoms with Gasteiger partial charge in [-0.1, -0.05) is 18.2 Å². The Morgan fingerprint density at radius 2 is 2.00 bits per heavy atom. The predicted octanol–water partition coefficient (Wildman–Crippen LogP) is 2.76. The summed E-state index contributed by atoms with van der Waals surface area (Å²) in [6.07, 6.45) is 4.68. The van der Waals surface area contributed by atoms with E-state index < -0.39 is 0 Å². The number of aromatic amines is 2. The monoisotopic (exact) mass is 273 g/mol. The number of hydrogen-bond acceptors (Lipinski definition) is 2. The number of H-pyrrole nitrogens is 2. The summed E-state index contributed by atoms with van der Waals surface area (Å²) in [5, 5.41) is 10.5. The Hall–Kier alpha value is -1.85. The van der Waals surface area contributed by atoms with Crippen molar-refractivity contribution in [3.05, 3.63) is 52.7 Å². The molecule has 0 saturated carbocycles. The summed E-state index contributed by atoms with van der Waals surface area (Å²) in [5.41, 5.74) is 3.24. The maximum Gasteiger partial charge on any atom is 0.177 e. The van der Waals surface area contributed by atoms with Crippen LogP contribution in [0, 0.1) is 4.77 Å². The number of rotatable bonds is 4. The molecule has 0 aliphatic heterocycles. The van der Waals surface area contributed by atoms with E-state index in [-0.39, 0.29) is 6.61 Å². The van der Waals surface area contributed by atoms with Crippen LogP contribution in [0.1, 0.15) is 11.3 Å². The van der Waals surface area contributed by atoms with Gasteiger partial charge in [0.1, 0.15) is 0 Å². The van der Waals surface area contributed by atoms with Crippen molar-refractivity contribution < 1.29 is 5.11 Å². The fourth-order valence-corrected chi connectivity index (χ4v) is 2.65. The molecule has 3 rings (SSSR count). The van der Waals surface area contributed by atoms with Crippen molar-refractivity contribution in [2.75, 3.05) is 0 Å². The first-order chi connectivity index (χ1) is 9.29. The van der Waals surface area contributed by atoms with E-state index in [1.165, 1.54) is 10.9 Å². The lowest BCUT2D eigenvalue weighted by atomic mass is 10.1. The topological polar surface area (TPSA) is 56.7 Å². The maximum atomic E-state index is 9.27. The summed E-state index contributed by atoms with van der Waals surface area (Å²) in [5.74, 6) is 0. The van der Waals surface area contributed by atoms with Crippen molar-refractivity contribution in [1.29, 1.82) is 0 Å². The Balaban J connectivity index is 1.86. The van der Waals surface area contributed by atoms with Crippen LogP contribution < -0.4 is 0 Å². The van der Waals surface area contributed by atoms with Crippen molar-refractivity contribution in [2.24, 2.45) is 0 Å². The maximum absolute atomic E-state index is 9.27. The largest absolute Gasteiger partial charge is 0.390 e. The first kappa shape index (κ1) is 12.2. The second-order valence-electron chi connectivity index (χ2n) is 4.50. The van der Waals surface area contributed by atoms with Gasteiger partial charge in [0.25, 0.3) is 0 Å². The molecule has 0 aliphatic carbocycles. The number of fused-ring (bicyclic) bond motifs is 1. The van der Waals surface area contributed by atoms with Crippen LogP contribution in [-0.4, -0.2) is 19.6 Å². The number of aliphatic hydroxyl groups is 1. The lowest BCUT2D eigenvalue weighted by Gasteiger charge is -2.05. The highest BCUT2D eigenvalue weighted by Crippen LogP contribution is 2.18. The molecule has 2 aromatic heterocycles. The van der Waals surface area contributed by atoms with E-state index in [0.29, 0.717) is 4.77 Å². The Bertz CT molecular complexity index is 753. The zero-order valence-electron chi connectivity index (χ0n) is 10.4. The number of hydrogen-bond donors (Lipinski definition) is 3. The van der Waals surface area contributed by atoms with Crippen LogP contribution in [0.2, 0.25) is 0 Å². The molecule has 0 fully saturated rings. The third-order valence-corrected chi connectivity index (χ3v) is 3.73. The SMILES string of the molecule is OCc1c[nH]c(=S)n1CCc1c[nH]c2ccccc12. The molecule has 0 radical (unpaired) electrons. The second kappa shape index (κ2) is 5.03. The molecule has 0 unspecified atom stereocenters. The van der Waals surface area contributed by atoms with E-state index in [1.807, 2.05) is 22.9 Å². The molecule has 0 spiro atoms. The van der Waals surface area contributed by atoms with Gasteiger partial charge in [-0.05, 0) is 30.3 Å². The summed E-state index contributed by atoms with van der Waals surface area (Å²) in [7, 11) is 0. The van der Waals surface area contributed by atoms with E-state index in [1.54, 1.807) is 6.20 Å². The van der Waals surface area contributed by atoms with Gasteiger partial charge in [-0.15, -0.1) is 0 Å². The third-order valence-electron chi connectivity index (χ3n) is 3.40. The summed E-state index contributed by atoms with van der Waals surface area (Å²) >= 11 is 5.22. The van der Waals surface area contributed by atoms with Crippen molar-refractivity contribution in [3.8, 4) is 0 Å². The average molecular weight is 273 g/mol. The van der Waals surface area contributed by atoms with Gasteiger partial charge in [0.05, 0.1) is 12.3 Å². The zero-order chi connectivity index (χ0) is 13.2. The highest BCUT2D eigenvalue weighted by atomic mass is 32.1. The average Bonchev–Trinajstić information content (AvgIpc) is 3.00. The van der Waals surface area contributed by atoms with Crippen molar-refractivity contribution in [2.45, 2.75) is 19.6 Å². The van der Waals surface area contributed by atoms with Gasteiger partial charge in [0.2, 0.25) is 0 Å². The summed E-state index contributed by atoms with van der Waals surface area (Å²) in [4.78, 5) is 6.23. The molecule has 2 heterocycles. The smallest absolute Gasteiger partial charge is 0.177 e. The van der Waals surface area contributed by atoms with Gasteiger partial charge < -0.3 is 19.6 Å². The number of para-hydroxylation sites is 1. The molecular formula is C14H15N3OS. The lowest BCUT2D eigenvalue weighted by molar-refractivity contribution is 0.270. The number of nitrogens with one attached hydrogen (secondary N) is 2. The molecule has 3 N–H and O–H groups in total. The number of imidazole rings is 1. The van der Waals surface area contributed by atoms with Crippen LogP contribution in [0.4, 0.5) is 0 Å². The van der Waals surface area contributed by atoms with Crippen LogP contribution in [0.15, 0.2) is 36.7 Å². The van der Waals surface area contributed by atoms with Gasteiger partial charge >= 0.3 is 0 Å². The number of nitrogens with zero attached hydrogens (tertiary/aromatic N) is 1. The second-order valence-corrected chi connectivity index (χ2v) is 4.89. The third kappa shape index (κ3) is 2.22. The fourth-order valence-electron chi connectivity index (χ4n) is 2.38. The first-order valence-electron chi connectivity index (χ1n) is 6.22. The molecule has 5 heteroatoms. The highest BCUT2D eigenvalue weighted by Gasteiger charge is 2.06. The molecule has 19 heavy (non-hydrogen) atoms. The van der Waals surface area contributed by atoms with E-state index in [2.05, 4.69) is 22.1 Å². The molecule has 4 nitrogen and oxygen atoms in total. The normalized spacial score (nSPS) is 11.2. The molecule has 0 aliphatic rings. The standard InChI is InChI=1S/C14H15N3OS/c18-9-11-8-16-14(19)17(11)6-5-10-7-15-13-4-2-1-3-12(10)13/h1-4,7-8,15,18H,5-6,9H2,(H,16,19). The van der Waals surface area contributed by atoms with Gasteiger partial charge in [0.15, 0.2) is 4.77 Å². The molecule has 0 saturated heterocycles. The Labute approximate surface area is 115 Å². The quantitative estimate of drug-likeness (QED) is 0.640. The summed E-state index contributed by atoms with van der Waals surface area (Å²) in [6.45, 7) is 0.765. The highest BCUT2D eigenvalue weighted by molar-refractivity contribution is 7.71. The minimum atomic E-state index is 0.00102. The molecule has 0 amide bonds. The van der Waals surface area contributed by atoms with Crippen LogP contribution in [0.5, 0.6) is 0 Å². The van der Waals surface area contributed by atoms with Crippen LogP contribution in [0.25, 0.3) is 10.9 Å². The van der Waals surface area contributed by atoms with Gasteiger partial charge in [-0.3, -0.25) is 0 Å². The molecule has 98 valence electrons. The fraction of sp³-hybridized carbons (Fsp3) is 0.214. The predicted molar refractivity (Wildman–Crippen MR) is 77.5 cm³/mol. The Morgan fingerprint density at radius 3 is 2.84 bits per heavy atom. The van der Waals surface area contributed by atoms with Crippen molar-refractivity contribution in [1.82, 2.24) is 14.5 Å². The van der Waals surface area contributed by atoms with E-state index in [4.69, 9.17) is 12.2 Å². The van der Waals surface area contributed by atoms with E-state index in [0.717, 1.165) is 24.2 Å².